The summed E-state index contributed by atoms with van der Waals surface area (Å²) in [5.41, 5.74) is 2.33. The van der Waals surface area contributed by atoms with E-state index in [2.05, 4.69) is 16.9 Å². The van der Waals surface area contributed by atoms with Crippen molar-refractivity contribution in [1.29, 1.82) is 0 Å². The lowest BCUT2D eigenvalue weighted by Crippen LogP contribution is -2.26. The van der Waals surface area contributed by atoms with E-state index in [1.807, 2.05) is 0 Å². The van der Waals surface area contributed by atoms with Gasteiger partial charge in [-0.05, 0) is 74.8 Å². The highest BCUT2D eigenvalue weighted by Crippen LogP contribution is 2.28. The minimum atomic E-state index is -3.70. The van der Waals surface area contributed by atoms with Gasteiger partial charge < -0.3 is 4.90 Å². The van der Waals surface area contributed by atoms with Gasteiger partial charge in [-0.2, -0.15) is 0 Å². The van der Waals surface area contributed by atoms with Crippen LogP contribution in [0, 0.1) is 0 Å². The van der Waals surface area contributed by atoms with E-state index in [0.717, 1.165) is 30.5 Å². The molecule has 26 heavy (non-hydrogen) atoms. The number of hydrogen-bond donors (Lipinski definition) is 0. The fourth-order valence-corrected chi connectivity index (χ4v) is 5.16. The zero-order valence-corrected chi connectivity index (χ0v) is 16.0. The van der Waals surface area contributed by atoms with Crippen LogP contribution >= 0.6 is 11.6 Å². The van der Waals surface area contributed by atoms with Gasteiger partial charge in [-0.15, -0.1) is 0 Å². The minimum absolute atomic E-state index is 0.215. The largest absolute Gasteiger partial charge is 0.303 e. The van der Waals surface area contributed by atoms with Crippen molar-refractivity contribution in [3.63, 3.8) is 0 Å². The number of fused-ring (bicyclic) bond motifs is 1. The van der Waals surface area contributed by atoms with Crippen LogP contribution in [0.2, 0.25) is 5.02 Å². The number of pyridine rings is 1. The first-order valence-corrected chi connectivity index (χ1v) is 10.4. The van der Waals surface area contributed by atoms with E-state index in [0.29, 0.717) is 16.6 Å². The van der Waals surface area contributed by atoms with E-state index in [1.165, 1.54) is 22.5 Å². The molecule has 0 N–H and O–H groups in total. The van der Waals surface area contributed by atoms with Crippen molar-refractivity contribution in [3.8, 4) is 0 Å². The highest BCUT2D eigenvalue weighted by molar-refractivity contribution is 7.90. The van der Waals surface area contributed by atoms with Gasteiger partial charge in [0.2, 0.25) is 0 Å². The zero-order chi connectivity index (χ0) is 18.3. The van der Waals surface area contributed by atoms with E-state index >= 15 is 0 Å². The molecule has 2 aromatic heterocycles. The Kier molecular flexibility index (Phi) is 4.50. The Bertz CT molecular complexity index is 1040. The summed E-state index contributed by atoms with van der Waals surface area (Å²) in [6.07, 6.45) is 6.54. The summed E-state index contributed by atoms with van der Waals surface area (Å²) in [6, 6.07) is 10.2. The topological polar surface area (TPSA) is 55.2 Å². The first-order valence-electron chi connectivity index (χ1n) is 8.63. The van der Waals surface area contributed by atoms with Crippen LogP contribution < -0.4 is 0 Å². The standard InChI is InChI=1S/C19H20ClN3O2S/c1-22-11-3-4-16(22)12-14-13-23(18-5-2-10-21-19(14)18)26(24,25)17-8-6-15(20)7-9-17/h2,5-10,13,16H,3-4,11-12H2,1H3/t16-/m0/s1. The first-order chi connectivity index (χ1) is 12.5. The Morgan fingerprint density at radius 3 is 2.69 bits per heavy atom. The average molecular weight is 390 g/mol. The Hall–Kier alpha value is -1.89. The monoisotopic (exact) mass is 389 g/mol. The molecule has 3 heterocycles. The molecule has 0 aliphatic carbocycles. The Morgan fingerprint density at radius 1 is 1.23 bits per heavy atom. The summed E-state index contributed by atoms with van der Waals surface area (Å²) < 4.78 is 27.7. The molecule has 7 heteroatoms. The molecule has 1 fully saturated rings. The van der Waals surface area contributed by atoms with Gasteiger partial charge in [-0.25, -0.2) is 12.4 Å². The molecule has 0 amide bonds. The molecule has 1 atom stereocenters. The van der Waals surface area contributed by atoms with Crippen LogP contribution in [0.5, 0.6) is 0 Å². The molecule has 1 saturated heterocycles. The van der Waals surface area contributed by atoms with Gasteiger partial charge in [0.1, 0.15) is 0 Å². The predicted octanol–water partition coefficient (Wildman–Crippen LogP) is 3.56. The molecule has 1 aromatic carbocycles. The van der Waals surface area contributed by atoms with E-state index in [-0.39, 0.29) is 4.90 Å². The summed E-state index contributed by atoms with van der Waals surface area (Å²) in [5, 5.41) is 0.507. The second-order valence-corrected chi connectivity index (χ2v) is 9.01. The molecular weight excluding hydrogens is 370 g/mol. The quantitative estimate of drug-likeness (QED) is 0.684. The number of rotatable bonds is 4. The van der Waals surface area contributed by atoms with Crippen molar-refractivity contribution in [3.05, 3.63) is 59.4 Å². The maximum Gasteiger partial charge on any atom is 0.268 e. The van der Waals surface area contributed by atoms with Crippen LogP contribution in [0.4, 0.5) is 0 Å². The molecular formula is C19H20ClN3O2S. The maximum absolute atomic E-state index is 13.2. The van der Waals surface area contributed by atoms with Gasteiger partial charge in [0.05, 0.1) is 15.9 Å². The first kappa shape index (κ1) is 17.5. The maximum atomic E-state index is 13.2. The number of aromatic nitrogens is 2. The SMILES string of the molecule is CN1CCC[C@H]1Cc1cn(S(=O)(=O)c2ccc(Cl)cc2)c2cccnc12. The van der Waals surface area contributed by atoms with Crippen molar-refractivity contribution < 1.29 is 8.42 Å². The Labute approximate surface area is 158 Å². The van der Waals surface area contributed by atoms with E-state index in [4.69, 9.17) is 11.6 Å². The van der Waals surface area contributed by atoms with Crippen molar-refractivity contribution in [2.24, 2.45) is 0 Å². The molecule has 0 radical (unpaired) electrons. The molecule has 3 aromatic rings. The molecule has 1 aliphatic heterocycles. The van der Waals surface area contributed by atoms with Gasteiger partial charge >= 0.3 is 0 Å². The highest BCUT2D eigenvalue weighted by Gasteiger charge is 2.26. The van der Waals surface area contributed by atoms with Gasteiger partial charge in [0.25, 0.3) is 10.0 Å². The van der Waals surface area contributed by atoms with Crippen LogP contribution in [0.3, 0.4) is 0 Å². The Balaban J connectivity index is 1.81. The van der Waals surface area contributed by atoms with Gasteiger partial charge in [-0.3, -0.25) is 4.98 Å². The average Bonchev–Trinajstić information content (AvgIpc) is 3.20. The molecule has 4 rings (SSSR count). The fourth-order valence-electron chi connectivity index (χ4n) is 3.65. The third-order valence-corrected chi connectivity index (χ3v) is 7.04. The zero-order valence-electron chi connectivity index (χ0n) is 14.5. The summed E-state index contributed by atoms with van der Waals surface area (Å²) in [6.45, 7) is 1.08. The molecule has 0 bridgehead atoms. The smallest absolute Gasteiger partial charge is 0.268 e. The number of benzene rings is 1. The molecule has 136 valence electrons. The summed E-state index contributed by atoms with van der Waals surface area (Å²) >= 11 is 5.90. The number of likely N-dealkylation sites (tertiary alicyclic amines) is 1. The van der Waals surface area contributed by atoms with Crippen LogP contribution in [0.1, 0.15) is 18.4 Å². The van der Waals surface area contributed by atoms with Gasteiger partial charge in [-0.1, -0.05) is 11.6 Å². The second-order valence-electron chi connectivity index (χ2n) is 6.76. The molecule has 5 nitrogen and oxygen atoms in total. The van der Waals surface area contributed by atoms with Crippen molar-refractivity contribution in [2.45, 2.75) is 30.2 Å². The van der Waals surface area contributed by atoms with Crippen LogP contribution in [-0.2, 0) is 16.4 Å². The molecule has 0 saturated carbocycles. The lowest BCUT2D eigenvalue weighted by molar-refractivity contribution is 0.309. The van der Waals surface area contributed by atoms with Crippen LogP contribution in [-0.4, -0.2) is 41.9 Å². The highest BCUT2D eigenvalue weighted by atomic mass is 35.5. The van der Waals surface area contributed by atoms with E-state index in [1.54, 1.807) is 36.7 Å². The fraction of sp³-hybridized carbons (Fsp3) is 0.316. The van der Waals surface area contributed by atoms with E-state index in [9.17, 15) is 8.42 Å². The summed E-state index contributed by atoms with van der Waals surface area (Å²) in [7, 11) is -1.58. The van der Waals surface area contributed by atoms with Gasteiger partial charge in [0.15, 0.2) is 0 Å². The van der Waals surface area contributed by atoms with Crippen molar-refractivity contribution in [1.82, 2.24) is 13.9 Å². The lowest BCUT2D eigenvalue weighted by atomic mass is 10.1. The molecule has 0 spiro atoms. The van der Waals surface area contributed by atoms with Crippen LogP contribution in [0.15, 0.2) is 53.7 Å². The van der Waals surface area contributed by atoms with Crippen molar-refractivity contribution >= 4 is 32.7 Å². The third-order valence-electron chi connectivity index (χ3n) is 5.10. The van der Waals surface area contributed by atoms with E-state index < -0.39 is 10.0 Å². The predicted molar refractivity (Wildman–Crippen MR) is 103 cm³/mol. The summed E-state index contributed by atoms with van der Waals surface area (Å²) in [5.74, 6) is 0. The number of hydrogen-bond acceptors (Lipinski definition) is 4. The van der Waals surface area contributed by atoms with Crippen molar-refractivity contribution in [2.75, 3.05) is 13.6 Å². The third kappa shape index (κ3) is 3.02. The normalized spacial score (nSPS) is 18.6. The Morgan fingerprint density at radius 2 is 2.00 bits per heavy atom. The second kappa shape index (κ2) is 6.68. The lowest BCUT2D eigenvalue weighted by Gasteiger charge is -2.18. The number of nitrogens with zero attached hydrogens (tertiary/aromatic N) is 3. The number of halogens is 1. The van der Waals surface area contributed by atoms with Gasteiger partial charge in [0, 0.05) is 23.5 Å². The molecule has 0 unspecified atom stereocenters. The summed E-state index contributed by atoms with van der Waals surface area (Å²) in [4.78, 5) is 7.01. The number of likely N-dealkylation sites (N-methyl/N-ethyl adjacent to an activating group) is 1. The minimum Gasteiger partial charge on any atom is -0.303 e. The molecule has 1 aliphatic rings. The van der Waals surface area contributed by atoms with Crippen LogP contribution in [0.25, 0.3) is 11.0 Å².